The number of nitrogens with zero attached hydrogens (tertiary/aromatic N) is 1. The number of rotatable bonds is 1. The van der Waals surface area contributed by atoms with E-state index in [4.69, 9.17) is 4.74 Å². The van der Waals surface area contributed by atoms with Gasteiger partial charge in [0.25, 0.3) is 0 Å². The fourth-order valence-corrected chi connectivity index (χ4v) is 4.26. The summed E-state index contributed by atoms with van der Waals surface area (Å²) in [5.41, 5.74) is 1.07. The van der Waals surface area contributed by atoms with E-state index in [0.717, 1.165) is 68.6 Å². The van der Waals surface area contributed by atoms with Crippen molar-refractivity contribution in [3.8, 4) is 5.75 Å². The van der Waals surface area contributed by atoms with Crippen LogP contribution in [0.2, 0.25) is 0 Å². The summed E-state index contributed by atoms with van der Waals surface area (Å²) in [5.74, 6) is 2.72. The van der Waals surface area contributed by atoms with Gasteiger partial charge in [-0.15, -0.1) is 12.4 Å². The fraction of sp³-hybridized carbons (Fsp3) is 0.611. The predicted molar refractivity (Wildman–Crippen MR) is 92.2 cm³/mol. The number of ether oxygens (including phenoxy) is 1. The van der Waals surface area contributed by atoms with E-state index < -0.39 is 0 Å². The van der Waals surface area contributed by atoms with Gasteiger partial charge in [0.05, 0.1) is 12.5 Å². The summed E-state index contributed by atoms with van der Waals surface area (Å²) in [5, 5.41) is 3.49. The van der Waals surface area contributed by atoms with Gasteiger partial charge in [0.2, 0.25) is 5.91 Å². The molecule has 3 heterocycles. The molecule has 1 amide bonds. The van der Waals surface area contributed by atoms with Crippen LogP contribution in [0.3, 0.4) is 0 Å². The first kappa shape index (κ1) is 16.6. The number of hydrogen-bond donors (Lipinski definition) is 1. The number of carbonyl (C=O) groups excluding carboxylic acids is 1. The first-order chi connectivity index (χ1) is 10.8. The van der Waals surface area contributed by atoms with E-state index in [9.17, 15) is 4.79 Å². The summed E-state index contributed by atoms with van der Waals surface area (Å²) in [6.45, 7) is 4.75. The van der Waals surface area contributed by atoms with Crippen LogP contribution >= 0.6 is 12.4 Å². The largest absolute Gasteiger partial charge is 0.493 e. The molecule has 2 saturated heterocycles. The van der Waals surface area contributed by atoms with Crippen LogP contribution in [-0.4, -0.2) is 43.6 Å². The van der Waals surface area contributed by atoms with Crippen LogP contribution in [0.1, 0.15) is 30.7 Å². The van der Waals surface area contributed by atoms with E-state index >= 15 is 0 Å². The van der Waals surface area contributed by atoms with Crippen LogP contribution in [0.15, 0.2) is 24.3 Å². The lowest BCUT2D eigenvalue weighted by Gasteiger charge is -2.30. The molecule has 0 saturated carbocycles. The third kappa shape index (κ3) is 3.20. The highest BCUT2D eigenvalue weighted by atomic mass is 35.5. The Bertz CT molecular complexity index is 552. The second kappa shape index (κ2) is 7.10. The maximum absolute atomic E-state index is 13.0. The lowest BCUT2D eigenvalue weighted by molar-refractivity contribution is -0.133. The van der Waals surface area contributed by atoms with Gasteiger partial charge in [-0.2, -0.15) is 0 Å². The molecule has 0 aromatic heterocycles. The third-order valence-electron chi connectivity index (χ3n) is 5.59. The van der Waals surface area contributed by atoms with Crippen molar-refractivity contribution < 1.29 is 9.53 Å². The highest BCUT2D eigenvalue weighted by molar-refractivity contribution is 5.85. The quantitative estimate of drug-likeness (QED) is 0.856. The molecule has 1 N–H and O–H groups in total. The van der Waals surface area contributed by atoms with E-state index in [2.05, 4.69) is 10.2 Å². The molecule has 3 atom stereocenters. The van der Waals surface area contributed by atoms with Crippen molar-refractivity contribution >= 4 is 18.3 Å². The maximum atomic E-state index is 13.0. The molecule has 4 nitrogen and oxygen atoms in total. The van der Waals surface area contributed by atoms with Crippen molar-refractivity contribution in [3.05, 3.63) is 29.8 Å². The van der Waals surface area contributed by atoms with Crippen molar-refractivity contribution in [1.29, 1.82) is 0 Å². The summed E-state index contributed by atoms with van der Waals surface area (Å²) in [4.78, 5) is 15.2. The van der Waals surface area contributed by atoms with E-state index in [1.807, 2.05) is 24.3 Å². The Morgan fingerprint density at radius 2 is 1.78 bits per heavy atom. The molecular weight excluding hydrogens is 312 g/mol. The molecule has 126 valence electrons. The lowest BCUT2D eigenvalue weighted by Crippen LogP contribution is -2.38. The molecule has 0 aliphatic carbocycles. The molecule has 1 aromatic rings. The molecule has 1 aromatic carbocycles. The lowest BCUT2D eigenvalue weighted by atomic mass is 9.91. The number of benzene rings is 1. The Hall–Kier alpha value is -1.26. The van der Waals surface area contributed by atoms with Crippen LogP contribution in [0.25, 0.3) is 0 Å². The second-order valence-electron chi connectivity index (χ2n) is 6.81. The number of hydrogen-bond acceptors (Lipinski definition) is 3. The molecule has 0 radical (unpaired) electrons. The number of fused-ring (bicyclic) bond motifs is 2. The summed E-state index contributed by atoms with van der Waals surface area (Å²) in [6, 6.07) is 8.01. The van der Waals surface area contributed by atoms with Crippen molar-refractivity contribution in [2.24, 2.45) is 11.8 Å². The van der Waals surface area contributed by atoms with Crippen LogP contribution < -0.4 is 10.1 Å². The van der Waals surface area contributed by atoms with Crippen molar-refractivity contribution in [2.75, 3.05) is 32.8 Å². The van der Waals surface area contributed by atoms with Gasteiger partial charge in [0, 0.05) is 18.7 Å². The standard InChI is InChI=1S/C18H24N2O2.ClH/c21-18(16-7-10-22-17-4-2-1-3-15(16)17)20-8-5-13-11-19-12-14(13)6-9-20;/h1-4,13-14,16,19H,5-12H2;1H/t13-,14+,16?;. The SMILES string of the molecule is Cl.O=C(C1CCOc2ccccc21)N1CC[C@@H]2CNC[C@@H]2CC1. The molecule has 3 aliphatic rings. The molecule has 2 fully saturated rings. The number of nitrogens with one attached hydrogen (secondary N) is 1. The van der Waals surface area contributed by atoms with Gasteiger partial charge in [-0.3, -0.25) is 4.79 Å². The summed E-state index contributed by atoms with van der Waals surface area (Å²) < 4.78 is 5.70. The monoisotopic (exact) mass is 336 g/mol. The van der Waals surface area contributed by atoms with Gasteiger partial charge in [-0.1, -0.05) is 18.2 Å². The second-order valence-corrected chi connectivity index (χ2v) is 6.81. The molecule has 4 rings (SSSR count). The molecule has 0 bridgehead atoms. The molecule has 23 heavy (non-hydrogen) atoms. The smallest absolute Gasteiger partial charge is 0.230 e. The Morgan fingerprint density at radius 1 is 1.09 bits per heavy atom. The van der Waals surface area contributed by atoms with Gasteiger partial charge in [0.1, 0.15) is 5.75 Å². The minimum absolute atomic E-state index is 0. The van der Waals surface area contributed by atoms with Crippen molar-refractivity contribution in [2.45, 2.75) is 25.2 Å². The highest BCUT2D eigenvalue weighted by Gasteiger charge is 2.35. The minimum atomic E-state index is -0.0129. The van der Waals surface area contributed by atoms with Crippen LogP contribution in [0.5, 0.6) is 5.75 Å². The Morgan fingerprint density at radius 3 is 2.52 bits per heavy atom. The van der Waals surface area contributed by atoms with E-state index in [1.165, 1.54) is 0 Å². The number of likely N-dealkylation sites (tertiary alicyclic amines) is 1. The van der Waals surface area contributed by atoms with Gasteiger partial charge in [-0.25, -0.2) is 0 Å². The summed E-state index contributed by atoms with van der Waals surface area (Å²) in [7, 11) is 0. The first-order valence-corrected chi connectivity index (χ1v) is 8.54. The van der Waals surface area contributed by atoms with E-state index in [0.29, 0.717) is 12.5 Å². The number of halogens is 1. The molecule has 3 aliphatic heterocycles. The Labute approximate surface area is 144 Å². The Balaban J connectivity index is 0.00000156. The third-order valence-corrected chi connectivity index (χ3v) is 5.59. The van der Waals surface area contributed by atoms with Gasteiger partial charge < -0.3 is 15.0 Å². The van der Waals surface area contributed by atoms with Crippen molar-refractivity contribution in [3.63, 3.8) is 0 Å². The normalized spacial score (nSPS) is 29.6. The zero-order valence-electron chi connectivity index (χ0n) is 13.4. The number of amides is 1. The average molecular weight is 337 g/mol. The van der Waals surface area contributed by atoms with Gasteiger partial charge in [-0.05, 0) is 50.3 Å². The van der Waals surface area contributed by atoms with Crippen LogP contribution in [0.4, 0.5) is 0 Å². The number of carbonyl (C=O) groups is 1. The first-order valence-electron chi connectivity index (χ1n) is 8.54. The fourth-order valence-electron chi connectivity index (χ4n) is 4.26. The molecule has 0 spiro atoms. The van der Waals surface area contributed by atoms with Gasteiger partial charge in [0.15, 0.2) is 0 Å². The summed E-state index contributed by atoms with van der Waals surface area (Å²) in [6.07, 6.45) is 3.10. The molecule has 5 heteroatoms. The van der Waals surface area contributed by atoms with Crippen LogP contribution in [0, 0.1) is 11.8 Å². The average Bonchev–Trinajstić information content (AvgIpc) is 2.92. The van der Waals surface area contributed by atoms with Crippen molar-refractivity contribution in [1.82, 2.24) is 10.2 Å². The highest BCUT2D eigenvalue weighted by Crippen LogP contribution is 2.36. The maximum Gasteiger partial charge on any atom is 0.230 e. The predicted octanol–water partition coefficient (Wildman–Crippen LogP) is 2.43. The molecule has 1 unspecified atom stereocenters. The van der Waals surface area contributed by atoms with E-state index in [1.54, 1.807) is 0 Å². The van der Waals surface area contributed by atoms with Gasteiger partial charge >= 0.3 is 0 Å². The zero-order chi connectivity index (χ0) is 14.9. The minimum Gasteiger partial charge on any atom is -0.493 e. The topological polar surface area (TPSA) is 41.6 Å². The zero-order valence-corrected chi connectivity index (χ0v) is 14.2. The summed E-state index contributed by atoms with van der Waals surface area (Å²) >= 11 is 0. The Kier molecular flexibility index (Phi) is 5.12. The molecular formula is C18H25ClN2O2. The number of para-hydroxylation sites is 1. The van der Waals surface area contributed by atoms with Crippen LogP contribution in [-0.2, 0) is 4.79 Å². The van der Waals surface area contributed by atoms with E-state index in [-0.39, 0.29) is 18.3 Å².